The van der Waals surface area contributed by atoms with E-state index in [-0.39, 0.29) is 17.6 Å². The number of aliphatic carboxylic acids is 1. The number of nitrogens with two attached hydrogens (primary N) is 1. The van der Waals surface area contributed by atoms with Gasteiger partial charge in [-0.05, 0) is 6.42 Å². The largest absolute Gasteiger partial charge is 0.481 e. The topological polar surface area (TPSA) is 99.2 Å². The highest BCUT2D eigenvalue weighted by Gasteiger charge is 2.05. The van der Waals surface area contributed by atoms with E-state index in [1.54, 1.807) is 11.8 Å². The summed E-state index contributed by atoms with van der Waals surface area (Å²) in [6, 6.07) is 0. The van der Waals surface area contributed by atoms with Crippen molar-refractivity contribution in [3.63, 3.8) is 0 Å². The summed E-state index contributed by atoms with van der Waals surface area (Å²) >= 11 is 1.55. The number of hydrogen-bond donors (Lipinski definition) is 4. The number of carboxylic acids is 1. The Morgan fingerprint density at radius 2 is 2.38 bits per heavy atom. The van der Waals surface area contributed by atoms with Crippen LogP contribution in [0.1, 0.15) is 19.8 Å². The van der Waals surface area contributed by atoms with Crippen LogP contribution in [0.2, 0.25) is 0 Å². The molecule has 0 saturated carbocycles. The third kappa shape index (κ3) is 9.00. The molecule has 6 heteroatoms. The molecule has 1 unspecified atom stereocenters. The number of carbonyl (C=O) groups is 1. The van der Waals surface area contributed by atoms with E-state index in [9.17, 15) is 4.79 Å². The van der Waals surface area contributed by atoms with Crippen molar-refractivity contribution >= 4 is 23.7 Å². The first-order valence-electron chi connectivity index (χ1n) is 3.93. The molecule has 0 aromatic carbocycles. The van der Waals surface area contributed by atoms with Gasteiger partial charge in [0.15, 0.2) is 5.96 Å². The van der Waals surface area contributed by atoms with E-state index in [1.165, 1.54) is 0 Å². The second-order valence-corrected chi connectivity index (χ2v) is 4.07. The van der Waals surface area contributed by atoms with Gasteiger partial charge in [-0.1, -0.05) is 6.92 Å². The monoisotopic (exact) mass is 205 g/mol. The molecule has 0 amide bonds. The molecule has 0 radical (unpaired) electrons. The van der Waals surface area contributed by atoms with E-state index >= 15 is 0 Å². The normalized spacial score (nSPS) is 12.1. The van der Waals surface area contributed by atoms with Gasteiger partial charge < -0.3 is 16.2 Å². The van der Waals surface area contributed by atoms with Crippen molar-refractivity contribution in [2.45, 2.75) is 25.0 Å². The van der Waals surface area contributed by atoms with Crippen LogP contribution in [0, 0.1) is 5.41 Å². The third-order valence-electron chi connectivity index (χ3n) is 1.40. The number of rotatable bonds is 6. The first-order valence-corrected chi connectivity index (χ1v) is 4.98. The van der Waals surface area contributed by atoms with Crippen LogP contribution in [0.5, 0.6) is 0 Å². The summed E-state index contributed by atoms with van der Waals surface area (Å²) in [5, 5.41) is 18.2. The van der Waals surface area contributed by atoms with E-state index in [2.05, 4.69) is 5.32 Å². The van der Waals surface area contributed by atoms with Crippen LogP contribution in [0.25, 0.3) is 0 Å². The average Bonchev–Trinajstić information content (AvgIpc) is 2.00. The van der Waals surface area contributed by atoms with Crippen LogP contribution in [-0.4, -0.2) is 28.2 Å². The van der Waals surface area contributed by atoms with Crippen LogP contribution in [0.15, 0.2) is 0 Å². The highest BCUT2D eigenvalue weighted by atomic mass is 32.2. The average molecular weight is 205 g/mol. The lowest BCUT2D eigenvalue weighted by atomic mass is 10.2. The maximum Gasteiger partial charge on any atom is 0.303 e. The van der Waals surface area contributed by atoms with Crippen molar-refractivity contribution < 1.29 is 9.90 Å². The Hall–Kier alpha value is -0.910. The Labute approximate surface area is 81.6 Å². The van der Waals surface area contributed by atoms with Crippen molar-refractivity contribution in [3.8, 4) is 0 Å². The van der Waals surface area contributed by atoms with Crippen molar-refractivity contribution in [3.05, 3.63) is 0 Å². The summed E-state index contributed by atoms with van der Waals surface area (Å²) in [6.07, 6.45) is 0.827. The third-order valence-corrected chi connectivity index (χ3v) is 2.51. The van der Waals surface area contributed by atoms with Gasteiger partial charge in [0.25, 0.3) is 0 Å². The summed E-state index contributed by atoms with van der Waals surface area (Å²) in [5.41, 5.74) is 5.07. The second-order valence-electron chi connectivity index (χ2n) is 2.64. The summed E-state index contributed by atoms with van der Waals surface area (Å²) in [7, 11) is 0. The molecule has 0 aromatic rings. The van der Waals surface area contributed by atoms with Gasteiger partial charge >= 0.3 is 5.97 Å². The van der Waals surface area contributed by atoms with Crippen LogP contribution < -0.4 is 11.1 Å². The number of thioether (sulfide) groups is 1. The van der Waals surface area contributed by atoms with Crippen LogP contribution in [-0.2, 0) is 4.79 Å². The lowest BCUT2D eigenvalue weighted by Gasteiger charge is -2.09. The zero-order valence-electron chi connectivity index (χ0n) is 7.54. The van der Waals surface area contributed by atoms with E-state index in [0.717, 1.165) is 0 Å². The fraction of sp³-hybridized carbons (Fsp3) is 0.714. The predicted molar refractivity (Wildman–Crippen MR) is 53.8 cm³/mol. The molecule has 0 rings (SSSR count). The Kier molecular flexibility index (Phi) is 6.13. The number of hydrogen-bond acceptors (Lipinski definition) is 3. The van der Waals surface area contributed by atoms with Gasteiger partial charge in [0, 0.05) is 11.7 Å². The van der Waals surface area contributed by atoms with Crippen molar-refractivity contribution in [2.24, 2.45) is 5.73 Å². The zero-order valence-corrected chi connectivity index (χ0v) is 8.36. The number of carboxylic acid groups (broad SMARTS) is 1. The minimum atomic E-state index is -0.771. The van der Waals surface area contributed by atoms with Crippen molar-refractivity contribution in [1.82, 2.24) is 5.32 Å². The highest BCUT2D eigenvalue weighted by molar-refractivity contribution is 7.99. The molecule has 0 aliphatic heterocycles. The molecule has 0 spiro atoms. The standard InChI is InChI=1S/C7H15N3O2S/c1-5(2-3-6(11)12)13-4-10-7(8)9/h5H,2-4H2,1H3,(H,11,12)(H4,8,9,10). The van der Waals surface area contributed by atoms with Crippen LogP contribution in [0.4, 0.5) is 0 Å². The molecule has 0 aliphatic carbocycles. The summed E-state index contributed by atoms with van der Waals surface area (Å²) in [5.74, 6) is -0.277. The molecule has 76 valence electrons. The minimum Gasteiger partial charge on any atom is -0.481 e. The molecule has 0 saturated heterocycles. The molecular weight excluding hydrogens is 190 g/mol. The summed E-state index contributed by atoms with van der Waals surface area (Å²) in [6.45, 7) is 1.95. The highest BCUT2D eigenvalue weighted by Crippen LogP contribution is 2.13. The molecule has 5 N–H and O–H groups in total. The molecular formula is C7H15N3O2S. The van der Waals surface area contributed by atoms with Crippen LogP contribution >= 0.6 is 11.8 Å². The van der Waals surface area contributed by atoms with Gasteiger partial charge in [-0.2, -0.15) is 0 Å². The molecule has 0 fully saturated rings. The minimum absolute atomic E-state index is 0.0575. The van der Waals surface area contributed by atoms with E-state index in [0.29, 0.717) is 12.3 Å². The molecule has 0 aliphatic rings. The lowest BCUT2D eigenvalue weighted by molar-refractivity contribution is -0.137. The van der Waals surface area contributed by atoms with Gasteiger partial charge in [0.1, 0.15) is 0 Å². The van der Waals surface area contributed by atoms with Crippen molar-refractivity contribution in [1.29, 1.82) is 5.41 Å². The Balaban J connectivity index is 3.35. The fourth-order valence-electron chi connectivity index (χ4n) is 0.672. The lowest BCUT2D eigenvalue weighted by Crippen LogP contribution is -2.30. The molecule has 5 nitrogen and oxygen atoms in total. The molecule has 0 heterocycles. The van der Waals surface area contributed by atoms with E-state index < -0.39 is 5.97 Å². The SMILES string of the molecule is CC(CCC(=O)O)SCNC(=N)N. The number of nitrogens with one attached hydrogen (secondary N) is 2. The summed E-state index contributed by atoms with van der Waals surface area (Å²) in [4.78, 5) is 10.2. The van der Waals surface area contributed by atoms with Gasteiger partial charge in [0.2, 0.25) is 0 Å². The second kappa shape index (κ2) is 6.59. The molecule has 0 bridgehead atoms. The van der Waals surface area contributed by atoms with Crippen LogP contribution in [0.3, 0.4) is 0 Å². The van der Waals surface area contributed by atoms with E-state index in [1.807, 2.05) is 6.92 Å². The van der Waals surface area contributed by atoms with Gasteiger partial charge in [-0.3, -0.25) is 10.2 Å². The van der Waals surface area contributed by atoms with Gasteiger partial charge in [0.05, 0.1) is 5.88 Å². The van der Waals surface area contributed by atoms with Crippen molar-refractivity contribution in [2.75, 3.05) is 5.88 Å². The molecule has 1 atom stereocenters. The Bertz CT molecular complexity index is 187. The first-order chi connectivity index (χ1) is 6.02. The van der Waals surface area contributed by atoms with Gasteiger partial charge in [-0.25, -0.2) is 0 Å². The quantitative estimate of drug-likeness (QED) is 0.286. The molecule has 0 aromatic heterocycles. The molecule has 13 heavy (non-hydrogen) atoms. The number of guanidine groups is 1. The van der Waals surface area contributed by atoms with E-state index in [4.69, 9.17) is 16.2 Å². The maximum absolute atomic E-state index is 10.2. The smallest absolute Gasteiger partial charge is 0.303 e. The first kappa shape index (κ1) is 12.1. The Morgan fingerprint density at radius 3 is 2.85 bits per heavy atom. The predicted octanol–water partition coefficient (Wildman–Crippen LogP) is 0.413. The fourth-order valence-corrected chi connectivity index (χ4v) is 1.48. The Morgan fingerprint density at radius 1 is 1.77 bits per heavy atom. The zero-order chi connectivity index (χ0) is 10.3. The maximum atomic E-state index is 10.2. The summed E-state index contributed by atoms with van der Waals surface area (Å²) < 4.78 is 0. The van der Waals surface area contributed by atoms with Gasteiger partial charge in [-0.15, -0.1) is 11.8 Å².